The van der Waals surface area contributed by atoms with Gasteiger partial charge in [0.1, 0.15) is 0 Å². The molecule has 1 aromatic carbocycles. The van der Waals surface area contributed by atoms with E-state index in [-0.39, 0.29) is 11.7 Å². The Morgan fingerprint density at radius 2 is 1.95 bits per heavy atom. The Labute approximate surface area is 114 Å². The molecule has 106 valence electrons. The average Bonchev–Trinajstić information content (AvgIpc) is 2.38. The Bertz CT molecular complexity index is 427. The standard InChI is InChI=1S/C15H23NO3/c1-4-11(5-2)14(17)9-16-13-7-6-12(15(18)19)8-10(13)3/h6-8,11,14,16-17H,4-5,9H2,1-3H3,(H,18,19). The Kier molecular flexibility index (Phi) is 5.83. The minimum atomic E-state index is -0.924. The highest BCUT2D eigenvalue weighted by Gasteiger charge is 2.15. The fraction of sp³-hybridized carbons (Fsp3) is 0.533. The molecule has 1 aromatic rings. The molecule has 0 saturated carbocycles. The number of aryl methyl sites for hydroxylation is 1. The third-order valence-electron chi connectivity index (χ3n) is 3.57. The van der Waals surface area contributed by atoms with Crippen LogP contribution in [0.25, 0.3) is 0 Å². The van der Waals surface area contributed by atoms with Crippen LogP contribution in [0.15, 0.2) is 18.2 Å². The van der Waals surface area contributed by atoms with Gasteiger partial charge < -0.3 is 15.5 Å². The van der Waals surface area contributed by atoms with Gasteiger partial charge in [0, 0.05) is 12.2 Å². The summed E-state index contributed by atoms with van der Waals surface area (Å²) in [6, 6.07) is 4.95. The van der Waals surface area contributed by atoms with E-state index in [4.69, 9.17) is 5.11 Å². The summed E-state index contributed by atoms with van der Waals surface area (Å²) >= 11 is 0. The van der Waals surface area contributed by atoms with Crippen molar-refractivity contribution in [3.8, 4) is 0 Å². The van der Waals surface area contributed by atoms with Crippen molar-refractivity contribution in [1.82, 2.24) is 0 Å². The molecule has 1 rings (SSSR count). The summed E-state index contributed by atoms with van der Waals surface area (Å²) in [5.41, 5.74) is 2.02. The number of hydrogen-bond acceptors (Lipinski definition) is 3. The van der Waals surface area contributed by atoms with Gasteiger partial charge in [-0.2, -0.15) is 0 Å². The Morgan fingerprint density at radius 3 is 2.42 bits per heavy atom. The molecule has 0 fully saturated rings. The molecule has 0 amide bonds. The molecule has 0 heterocycles. The first-order valence-corrected chi connectivity index (χ1v) is 6.75. The second kappa shape index (κ2) is 7.14. The minimum absolute atomic E-state index is 0.281. The van der Waals surface area contributed by atoms with E-state index in [1.54, 1.807) is 18.2 Å². The molecule has 0 radical (unpaired) electrons. The number of nitrogens with one attached hydrogen (secondary N) is 1. The lowest BCUT2D eigenvalue weighted by atomic mass is 9.96. The van der Waals surface area contributed by atoms with Crippen LogP contribution in [0, 0.1) is 12.8 Å². The van der Waals surface area contributed by atoms with E-state index in [0.717, 1.165) is 24.1 Å². The van der Waals surface area contributed by atoms with E-state index in [2.05, 4.69) is 19.2 Å². The monoisotopic (exact) mass is 265 g/mol. The van der Waals surface area contributed by atoms with Crippen LogP contribution in [0.4, 0.5) is 5.69 Å². The second-order valence-corrected chi connectivity index (χ2v) is 4.86. The zero-order valence-corrected chi connectivity index (χ0v) is 11.8. The summed E-state index contributed by atoms with van der Waals surface area (Å²) < 4.78 is 0. The topological polar surface area (TPSA) is 69.6 Å². The Hall–Kier alpha value is -1.55. The first-order valence-electron chi connectivity index (χ1n) is 6.75. The SMILES string of the molecule is CCC(CC)C(O)CNc1ccc(C(=O)O)cc1C. The fourth-order valence-corrected chi connectivity index (χ4v) is 2.21. The van der Waals surface area contributed by atoms with Crippen LogP contribution in [0.1, 0.15) is 42.6 Å². The maximum absolute atomic E-state index is 10.8. The van der Waals surface area contributed by atoms with Gasteiger partial charge >= 0.3 is 5.97 Å². The van der Waals surface area contributed by atoms with E-state index in [1.165, 1.54) is 0 Å². The van der Waals surface area contributed by atoms with Crippen LogP contribution in [0.5, 0.6) is 0 Å². The van der Waals surface area contributed by atoms with Crippen LogP contribution in [0.2, 0.25) is 0 Å². The van der Waals surface area contributed by atoms with Gasteiger partial charge in [-0.15, -0.1) is 0 Å². The van der Waals surface area contributed by atoms with Gasteiger partial charge in [-0.1, -0.05) is 26.7 Å². The van der Waals surface area contributed by atoms with Gasteiger partial charge in [-0.25, -0.2) is 4.79 Å². The van der Waals surface area contributed by atoms with Crippen molar-refractivity contribution < 1.29 is 15.0 Å². The number of benzene rings is 1. The molecule has 0 aromatic heterocycles. The first-order chi connectivity index (χ1) is 8.99. The van der Waals surface area contributed by atoms with Gasteiger partial charge in [0.25, 0.3) is 0 Å². The van der Waals surface area contributed by atoms with Gasteiger partial charge in [0.05, 0.1) is 11.7 Å². The first kappa shape index (κ1) is 15.5. The molecule has 0 bridgehead atoms. The maximum atomic E-state index is 10.8. The third-order valence-corrected chi connectivity index (χ3v) is 3.57. The van der Waals surface area contributed by atoms with E-state index >= 15 is 0 Å². The largest absolute Gasteiger partial charge is 0.478 e. The number of rotatable bonds is 7. The zero-order chi connectivity index (χ0) is 14.4. The summed E-state index contributed by atoms with van der Waals surface area (Å²) in [6.07, 6.45) is 1.53. The summed E-state index contributed by atoms with van der Waals surface area (Å²) in [4.78, 5) is 10.8. The number of anilines is 1. The van der Waals surface area contributed by atoms with Crippen LogP contribution < -0.4 is 5.32 Å². The molecule has 19 heavy (non-hydrogen) atoms. The molecule has 4 nitrogen and oxygen atoms in total. The molecular formula is C15H23NO3. The number of aliphatic hydroxyl groups excluding tert-OH is 1. The minimum Gasteiger partial charge on any atom is -0.478 e. The van der Waals surface area contributed by atoms with Gasteiger partial charge in [0.2, 0.25) is 0 Å². The number of aromatic carboxylic acids is 1. The Balaban J connectivity index is 2.65. The van der Waals surface area contributed by atoms with Crippen molar-refractivity contribution in [2.75, 3.05) is 11.9 Å². The quantitative estimate of drug-likeness (QED) is 0.709. The molecule has 4 heteroatoms. The van der Waals surface area contributed by atoms with Crippen molar-refractivity contribution in [2.24, 2.45) is 5.92 Å². The second-order valence-electron chi connectivity index (χ2n) is 4.86. The summed E-state index contributed by atoms with van der Waals surface area (Å²) in [5, 5.41) is 22.1. The normalized spacial score (nSPS) is 12.5. The average molecular weight is 265 g/mol. The predicted molar refractivity (Wildman–Crippen MR) is 76.7 cm³/mol. The number of hydrogen-bond donors (Lipinski definition) is 3. The van der Waals surface area contributed by atoms with E-state index in [1.807, 2.05) is 6.92 Å². The predicted octanol–water partition coefficient (Wildman–Crippen LogP) is 2.90. The summed E-state index contributed by atoms with van der Waals surface area (Å²) in [6.45, 7) is 6.49. The van der Waals surface area contributed by atoms with Crippen LogP contribution in [-0.2, 0) is 0 Å². The maximum Gasteiger partial charge on any atom is 0.335 e. The van der Waals surface area contributed by atoms with E-state index in [9.17, 15) is 9.90 Å². The van der Waals surface area contributed by atoms with Gasteiger partial charge in [-0.3, -0.25) is 0 Å². The van der Waals surface area contributed by atoms with Gasteiger partial charge in [0.15, 0.2) is 0 Å². The third kappa shape index (κ3) is 4.24. The number of carbonyl (C=O) groups is 1. The molecule has 3 N–H and O–H groups in total. The highest BCUT2D eigenvalue weighted by molar-refractivity contribution is 5.88. The molecule has 0 aliphatic heterocycles. The molecule has 0 aliphatic rings. The van der Waals surface area contributed by atoms with Crippen molar-refractivity contribution in [3.05, 3.63) is 29.3 Å². The fourth-order valence-electron chi connectivity index (χ4n) is 2.21. The lowest BCUT2D eigenvalue weighted by Gasteiger charge is -2.21. The molecular weight excluding hydrogens is 242 g/mol. The van der Waals surface area contributed by atoms with Crippen LogP contribution in [0.3, 0.4) is 0 Å². The van der Waals surface area contributed by atoms with E-state index < -0.39 is 5.97 Å². The molecule has 1 atom stereocenters. The van der Waals surface area contributed by atoms with Crippen molar-refractivity contribution in [1.29, 1.82) is 0 Å². The lowest BCUT2D eigenvalue weighted by molar-refractivity contribution is 0.0696. The van der Waals surface area contributed by atoms with Crippen LogP contribution in [-0.4, -0.2) is 28.8 Å². The number of carboxylic acids is 1. The van der Waals surface area contributed by atoms with Gasteiger partial charge in [-0.05, 0) is 36.6 Å². The smallest absolute Gasteiger partial charge is 0.335 e. The molecule has 0 spiro atoms. The number of aliphatic hydroxyl groups is 1. The van der Waals surface area contributed by atoms with Crippen molar-refractivity contribution >= 4 is 11.7 Å². The highest BCUT2D eigenvalue weighted by atomic mass is 16.4. The molecule has 1 unspecified atom stereocenters. The zero-order valence-electron chi connectivity index (χ0n) is 11.8. The summed E-state index contributed by atoms with van der Waals surface area (Å²) in [5.74, 6) is -0.627. The summed E-state index contributed by atoms with van der Waals surface area (Å²) in [7, 11) is 0. The van der Waals surface area contributed by atoms with Crippen LogP contribution >= 0.6 is 0 Å². The van der Waals surface area contributed by atoms with E-state index in [0.29, 0.717) is 12.5 Å². The van der Waals surface area contributed by atoms with Crippen molar-refractivity contribution in [2.45, 2.75) is 39.7 Å². The Morgan fingerprint density at radius 1 is 1.32 bits per heavy atom. The lowest BCUT2D eigenvalue weighted by Crippen LogP contribution is -2.27. The number of carboxylic acid groups (broad SMARTS) is 1. The highest BCUT2D eigenvalue weighted by Crippen LogP contribution is 2.18. The molecule has 0 aliphatic carbocycles. The molecule has 0 saturated heterocycles. The van der Waals surface area contributed by atoms with Crippen molar-refractivity contribution in [3.63, 3.8) is 0 Å².